The Labute approximate surface area is 209 Å². The standard InChI is InChI=1S/C28H25ClN4O2/c29-25-9-5-4-8-24(25)26-14-15-27(31-30-26)32-16-18-33(19-17-32)28(34)20-35-23-12-10-22(11-13-23)21-6-2-1-3-7-21/h1-15H,16-20H2. The van der Waals surface area contributed by atoms with Crippen LogP contribution in [0.25, 0.3) is 22.4 Å². The number of nitrogens with zero attached hydrogens (tertiary/aromatic N) is 4. The van der Waals surface area contributed by atoms with Crippen molar-refractivity contribution in [3.63, 3.8) is 0 Å². The number of anilines is 1. The molecule has 0 unspecified atom stereocenters. The fourth-order valence-corrected chi connectivity index (χ4v) is 4.33. The molecule has 0 N–H and O–H groups in total. The minimum Gasteiger partial charge on any atom is -0.484 e. The largest absolute Gasteiger partial charge is 0.484 e. The number of carbonyl (C=O) groups is 1. The summed E-state index contributed by atoms with van der Waals surface area (Å²) in [7, 11) is 0. The van der Waals surface area contributed by atoms with Crippen molar-refractivity contribution in [2.45, 2.75) is 0 Å². The lowest BCUT2D eigenvalue weighted by molar-refractivity contribution is -0.133. The van der Waals surface area contributed by atoms with E-state index in [1.165, 1.54) is 0 Å². The van der Waals surface area contributed by atoms with Gasteiger partial charge in [0.15, 0.2) is 12.4 Å². The average Bonchev–Trinajstić information content (AvgIpc) is 2.93. The number of halogens is 1. The van der Waals surface area contributed by atoms with Gasteiger partial charge < -0.3 is 14.5 Å². The number of piperazine rings is 1. The van der Waals surface area contributed by atoms with Crippen LogP contribution < -0.4 is 9.64 Å². The lowest BCUT2D eigenvalue weighted by Gasteiger charge is -2.35. The van der Waals surface area contributed by atoms with Gasteiger partial charge in [-0.2, -0.15) is 0 Å². The molecule has 1 aliphatic heterocycles. The van der Waals surface area contributed by atoms with Gasteiger partial charge in [-0.05, 0) is 41.5 Å². The third kappa shape index (κ3) is 5.44. The van der Waals surface area contributed by atoms with E-state index in [0.29, 0.717) is 37.0 Å². The Morgan fingerprint density at radius 3 is 2.14 bits per heavy atom. The van der Waals surface area contributed by atoms with Gasteiger partial charge in [0.1, 0.15) is 5.75 Å². The van der Waals surface area contributed by atoms with E-state index in [-0.39, 0.29) is 12.5 Å². The second-order valence-electron chi connectivity index (χ2n) is 8.30. The highest BCUT2D eigenvalue weighted by Gasteiger charge is 2.22. The third-order valence-corrected chi connectivity index (χ3v) is 6.41. The molecule has 176 valence electrons. The summed E-state index contributed by atoms with van der Waals surface area (Å²) in [5, 5.41) is 9.38. The monoisotopic (exact) mass is 484 g/mol. The Bertz CT molecular complexity index is 1270. The molecule has 1 amide bonds. The van der Waals surface area contributed by atoms with Gasteiger partial charge in [-0.15, -0.1) is 10.2 Å². The van der Waals surface area contributed by atoms with Gasteiger partial charge in [-0.1, -0.05) is 72.3 Å². The maximum absolute atomic E-state index is 12.7. The average molecular weight is 485 g/mol. The van der Waals surface area contributed by atoms with Gasteiger partial charge in [-0.25, -0.2) is 0 Å². The van der Waals surface area contributed by atoms with E-state index in [4.69, 9.17) is 16.3 Å². The second kappa shape index (κ2) is 10.6. The summed E-state index contributed by atoms with van der Waals surface area (Å²) >= 11 is 6.26. The van der Waals surface area contributed by atoms with Crippen molar-refractivity contribution < 1.29 is 9.53 Å². The van der Waals surface area contributed by atoms with E-state index < -0.39 is 0 Å². The lowest BCUT2D eigenvalue weighted by atomic mass is 10.1. The third-order valence-electron chi connectivity index (χ3n) is 6.08. The zero-order chi connectivity index (χ0) is 24.0. The number of rotatable bonds is 6. The van der Waals surface area contributed by atoms with Crippen LogP contribution in [0.5, 0.6) is 5.75 Å². The van der Waals surface area contributed by atoms with Gasteiger partial charge in [0.05, 0.1) is 10.7 Å². The van der Waals surface area contributed by atoms with Crippen molar-refractivity contribution in [1.29, 1.82) is 0 Å². The number of hydrogen-bond acceptors (Lipinski definition) is 5. The van der Waals surface area contributed by atoms with Gasteiger partial charge in [0.25, 0.3) is 5.91 Å². The molecule has 1 saturated heterocycles. The van der Waals surface area contributed by atoms with Crippen LogP contribution in [0.2, 0.25) is 5.02 Å². The SMILES string of the molecule is O=C(COc1ccc(-c2ccccc2)cc1)N1CCN(c2ccc(-c3ccccc3Cl)nn2)CC1. The van der Waals surface area contributed by atoms with Crippen LogP contribution in [-0.4, -0.2) is 53.8 Å². The van der Waals surface area contributed by atoms with Crippen LogP contribution in [-0.2, 0) is 4.79 Å². The van der Waals surface area contributed by atoms with Crippen LogP contribution >= 0.6 is 11.6 Å². The predicted octanol–water partition coefficient (Wildman–Crippen LogP) is 5.19. The first-order valence-corrected chi connectivity index (χ1v) is 11.9. The van der Waals surface area contributed by atoms with Crippen molar-refractivity contribution >= 4 is 23.3 Å². The maximum Gasteiger partial charge on any atom is 0.260 e. The molecule has 3 aromatic carbocycles. The van der Waals surface area contributed by atoms with Crippen LogP contribution in [0.3, 0.4) is 0 Å². The van der Waals surface area contributed by atoms with Gasteiger partial charge in [-0.3, -0.25) is 4.79 Å². The van der Waals surface area contributed by atoms with Gasteiger partial charge in [0, 0.05) is 31.7 Å². The van der Waals surface area contributed by atoms with Crippen molar-refractivity contribution in [1.82, 2.24) is 15.1 Å². The smallest absolute Gasteiger partial charge is 0.260 e. The highest BCUT2D eigenvalue weighted by atomic mass is 35.5. The number of benzene rings is 3. The first kappa shape index (κ1) is 22.9. The molecule has 0 saturated carbocycles. The summed E-state index contributed by atoms with van der Waals surface area (Å²) in [5.41, 5.74) is 3.86. The lowest BCUT2D eigenvalue weighted by Crippen LogP contribution is -2.50. The molecule has 4 aromatic rings. The number of carbonyl (C=O) groups excluding carboxylic acids is 1. The van der Waals surface area contributed by atoms with E-state index in [1.54, 1.807) is 0 Å². The molecule has 1 aliphatic rings. The van der Waals surface area contributed by atoms with Crippen LogP contribution in [0.4, 0.5) is 5.82 Å². The molecule has 7 heteroatoms. The molecule has 0 bridgehead atoms. The Morgan fingerprint density at radius 2 is 1.46 bits per heavy atom. The van der Waals surface area contributed by atoms with Crippen LogP contribution in [0.1, 0.15) is 0 Å². The molecule has 0 atom stereocenters. The number of amides is 1. The number of aromatic nitrogens is 2. The zero-order valence-corrected chi connectivity index (χ0v) is 19.9. The highest BCUT2D eigenvalue weighted by molar-refractivity contribution is 6.33. The Morgan fingerprint density at radius 1 is 0.771 bits per heavy atom. The topological polar surface area (TPSA) is 58.6 Å². The van der Waals surface area contributed by atoms with E-state index in [1.807, 2.05) is 83.8 Å². The van der Waals surface area contributed by atoms with E-state index in [9.17, 15) is 4.79 Å². The van der Waals surface area contributed by atoms with Crippen molar-refractivity contribution in [2.75, 3.05) is 37.7 Å². The minimum atomic E-state index is -0.0167. The van der Waals surface area contributed by atoms with Gasteiger partial charge in [0.2, 0.25) is 0 Å². The normalized spacial score (nSPS) is 13.5. The molecule has 0 radical (unpaired) electrons. The van der Waals surface area contributed by atoms with E-state index in [0.717, 1.165) is 28.2 Å². The van der Waals surface area contributed by atoms with Crippen LogP contribution in [0, 0.1) is 0 Å². The molecular formula is C28H25ClN4O2. The number of hydrogen-bond donors (Lipinski definition) is 0. The van der Waals surface area contributed by atoms with E-state index in [2.05, 4.69) is 27.2 Å². The van der Waals surface area contributed by atoms with Crippen molar-refractivity contribution in [2.24, 2.45) is 0 Å². The highest BCUT2D eigenvalue weighted by Crippen LogP contribution is 2.26. The molecular weight excluding hydrogens is 460 g/mol. The maximum atomic E-state index is 12.7. The zero-order valence-electron chi connectivity index (χ0n) is 19.2. The summed E-state index contributed by atoms with van der Waals surface area (Å²) in [6.07, 6.45) is 0. The molecule has 1 aromatic heterocycles. The first-order valence-electron chi connectivity index (χ1n) is 11.6. The summed E-state index contributed by atoms with van der Waals surface area (Å²) < 4.78 is 5.75. The molecule has 5 rings (SSSR count). The Hall–Kier alpha value is -3.90. The summed E-state index contributed by atoms with van der Waals surface area (Å²) in [6, 6.07) is 29.4. The predicted molar refractivity (Wildman–Crippen MR) is 139 cm³/mol. The second-order valence-corrected chi connectivity index (χ2v) is 8.71. The fourth-order valence-electron chi connectivity index (χ4n) is 4.10. The molecule has 2 heterocycles. The van der Waals surface area contributed by atoms with E-state index >= 15 is 0 Å². The summed E-state index contributed by atoms with van der Waals surface area (Å²) in [6.45, 7) is 2.64. The minimum absolute atomic E-state index is 0.0167. The molecule has 1 fully saturated rings. The van der Waals surface area contributed by atoms with Crippen molar-refractivity contribution in [3.05, 3.63) is 96.0 Å². The van der Waals surface area contributed by atoms with Crippen molar-refractivity contribution in [3.8, 4) is 28.1 Å². The molecule has 6 nitrogen and oxygen atoms in total. The van der Waals surface area contributed by atoms with Crippen LogP contribution in [0.15, 0.2) is 91.0 Å². The summed E-state index contributed by atoms with van der Waals surface area (Å²) in [5.74, 6) is 1.46. The first-order chi connectivity index (χ1) is 17.2. The Kier molecular flexibility index (Phi) is 6.91. The Balaban J connectivity index is 1.11. The molecule has 0 spiro atoms. The quantitative estimate of drug-likeness (QED) is 0.377. The fraction of sp³-hybridized carbons (Fsp3) is 0.179. The molecule has 0 aliphatic carbocycles. The summed E-state index contributed by atoms with van der Waals surface area (Å²) in [4.78, 5) is 16.6. The number of ether oxygens (including phenoxy) is 1. The molecule has 35 heavy (non-hydrogen) atoms. The van der Waals surface area contributed by atoms with Gasteiger partial charge >= 0.3 is 0 Å².